The Hall–Kier alpha value is -1.33. The predicted octanol–water partition coefficient (Wildman–Crippen LogP) is 1.65. The molecule has 1 unspecified atom stereocenters. The molecule has 4 nitrogen and oxygen atoms in total. The average Bonchev–Trinajstić information content (AvgIpc) is 2.75. The van der Waals surface area contributed by atoms with E-state index >= 15 is 0 Å². The number of hydrogen-bond acceptors (Lipinski definition) is 5. The van der Waals surface area contributed by atoms with E-state index in [4.69, 9.17) is 0 Å². The highest BCUT2D eigenvalue weighted by atomic mass is 32.1. The maximum absolute atomic E-state index is 11.9. The average molecular weight is 247 g/mol. The summed E-state index contributed by atoms with van der Waals surface area (Å²) in [6, 6.07) is 2.08. The van der Waals surface area contributed by atoms with Gasteiger partial charge in [-0.1, -0.05) is 0 Å². The van der Waals surface area contributed by atoms with Crippen molar-refractivity contribution in [1.82, 2.24) is 15.5 Å². The largest absolute Gasteiger partial charge is 0.315 e. The minimum Gasteiger partial charge on any atom is -0.315 e. The van der Waals surface area contributed by atoms with E-state index in [9.17, 15) is 4.79 Å². The molecule has 1 N–H and O–H groups in total. The number of ketones is 1. The summed E-state index contributed by atoms with van der Waals surface area (Å²) in [5, 5.41) is 12.4. The molecule has 0 aliphatic carbocycles. The van der Waals surface area contributed by atoms with Crippen LogP contribution >= 0.6 is 11.3 Å². The molecule has 17 heavy (non-hydrogen) atoms. The number of carbonyl (C=O) groups is 1. The van der Waals surface area contributed by atoms with Gasteiger partial charge < -0.3 is 5.32 Å². The van der Waals surface area contributed by atoms with Crippen LogP contribution in [-0.2, 0) is 4.79 Å². The minimum absolute atomic E-state index is 0.0144. The topological polar surface area (TPSA) is 54.9 Å². The standard InChI is InChI=1S/C12H13N3OS/c1-7-12-8(5-14-15-7)4-11(17-12)9-6-13-3-2-10(9)16/h4-5,9,13H,2-3,6H2,1H3. The SMILES string of the molecule is Cc1nncc2cc(C3CNCCC3=O)sc12. The lowest BCUT2D eigenvalue weighted by atomic mass is 9.96. The highest BCUT2D eigenvalue weighted by Gasteiger charge is 2.25. The van der Waals surface area contributed by atoms with E-state index in [2.05, 4.69) is 21.6 Å². The number of nitrogens with one attached hydrogen (secondary N) is 1. The van der Waals surface area contributed by atoms with E-state index in [0.717, 1.165) is 33.7 Å². The van der Waals surface area contributed by atoms with Gasteiger partial charge in [0.05, 0.1) is 22.5 Å². The van der Waals surface area contributed by atoms with E-state index in [1.807, 2.05) is 6.92 Å². The second-order valence-electron chi connectivity index (χ2n) is 4.34. The number of fused-ring (bicyclic) bond motifs is 1. The summed E-state index contributed by atoms with van der Waals surface area (Å²) in [6.45, 7) is 3.52. The molecule has 0 bridgehead atoms. The van der Waals surface area contributed by atoms with Crippen LogP contribution in [0.25, 0.3) is 10.1 Å². The molecule has 0 saturated carbocycles. The zero-order valence-electron chi connectivity index (χ0n) is 9.56. The van der Waals surface area contributed by atoms with Gasteiger partial charge in [0.15, 0.2) is 0 Å². The van der Waals surface area contributed by atoms with Crippen LogP contribution in [-0.4, -0.2) is 29.1 Å². The van der Waals surface area contributed by atoms with Crippen LogP contribution in [0.15, 0.2) is 12.3 Å². The first-order valence-electron chi connectivity index (χ1n) is 5.71. The van der Waals surface area contributed by atoms with Crippen molar-refractivity contribution in [2.45, 2.75) is 19.3 Å². The van der Waals surface area contributed by atoms with Gasteiger partial charge in [-0.3, -0.25) is 4.79 Å². The van der Waals surface area contributed by atoms with Crippen LogP contribution in [0, 0.1) is 6.92 Å². The van der Waals surface area contributed by atoms with Crippen molar-refractivity contribution in [3.8, 4) is 0 Å². The lowest BCUT2D eigenvalue weighted by molar-refractivity contribution is -0.121. The third-order valence-electron chi connectivity index (χ3n) is 3.14. The normalized spacial score (nSPS) is 21.0. The van der Waals surface area contributed by atoms with Crippen LogP contribution in [0.1, 0.15) is 22.9 Å². The number of carbonyl (C=O) groups excluding carboxylic acids is 1. The molecule has 3 rings (SSSR count). The summed E-state index contributed by atoms with van der Waals surface area (Å²) < 4.78 is 1.15. The maximum Gasteiger partial charge on any atom is 0.143 e. The van der Waals surface area contributed by atoms with Crippen LogP contribution in [0.2, 0.25) is 0 Å². The van der Waals surface area contributed by atoms with Gasteiger partial charge in [-0.2, -0.15) is 10.2 Å². The van der Waals surface area contributed by atoms with Gasteiger partial charge in [0.25, 0.3) is 0 Å². The van der Waals surface area contributed by atoms with E-state index in [-0.39, 0.29) is 5.92 Å². The molecule has 1 fully saturated rings. The molecule has 2 aromatic rings. The Labute approximate surface area is 103 Å². The first kappa shape index (κ1) is 10.8. The number of thiophene rings is 1. The van der Waals surface area contributed by atoms with Gasteiger partial charge in [0.2, 0.25) is 0 Å². The maximum atomic E-state index is 11.9. The molecule has 5 heteroatoms. The van der Waals surface area contributed by atoms with Crippen molar-refractivity contribution in [3.63, 3.8) is 0 Å². The Morgan fingerprint density at radius 1 is 1.53 bits per heavy atom. The second kappa shape index (κ2) is 4.16. The first-order chi connectivity index (χ1) is 8.25. The van der Waals surface area contributed by atoms with Gasteiger partial charge in [0.1, 0.15) is 5.78 Å². The van der Waals surface area contributed by atoms with Crippen molar-refractivity contribution in [1.29, 1.82) is 0 Å². The summed E-state index contributed by atoms with van der Waals surface area (Å²) in [4.78, 5) is 13.0. The lowest BCUT2D eigenvalue weighted by Gasteiger charge is -2.20. The number of piperidine rings is 1. The zero-order chi connectivity index (χ0) is 11.8. The summed E-state index contributed by atoms with van der Waals surface area (Å²) in [7, 11) is 0. The quantitative estimate of drug-likeness (QED) is 0.832. The summed E-state index contributed by atoms with van der Waals surface area (Å²) in [6.07, 6.45) is 2.40. The number of aryl methyl sites for hydroxylation is 1. The molecule has 1 aliphatic heterocycles. The fourth-order valence-electron chi connectivity index (χ4n) is 2.20. The van der Waals surface area contributed by atoms with Gasteiger partial charge >= 0.3 is 0 Å². The first-order valence-corrected chi connectivity index (χ1v) is 6.52. The van der Waals surface area contributed by atoms with E-state index in [1.165, 1.54) is 0 Å². The highest BCUT2D eigenvalue weighted by molar-refractivity contribution is 7.19. The third-order valence-corrected chi connectivity index (χ3v) is 4.52. The molecular formula is C12H13N3OS. The molecule has 1 saturated heterocycles. The van der Waals surface area contributed by atoms with E-state index < -0.39 is 0 Å². The van der Waals surface area contributed by atoms with Crippen molar-refractivity contribution < 1.29 is 4.79 Å². The van der Waals surface area contributed by atoms with Gasteiger partial charge in [-0.25, -0.2) is 0 Å². The van der Waals surface area contributed by atoms with E-state index in [1.54, 1.807) is 17.5 Å². The van der Waals surface area contributed by atoms with Crippen LogP contribution in [0.4, 0.5) is 0 Å². The Morgan fingerprint density at radius 2 is 2.41 bits per heavy atom. The number of nitrogens with zero attached hydrogens (tertiary/aromatic N) is 2. The van der Waals surface area contributed by atoms with Crippen LogP contribution in [0.5, 0.6) is 0 Å². The van der Waals surface area contributed by atoms with Gasteiger partial charge in [-0.05, 0) is 13.0 Å². The van der Waals surface area contributed by atoms with Crippen LogP contribution in [0.3, 0.4) is 0 Å². The third kappa shape index (κ3) is 1.85. The minimum atomic E-state index is 0.0144. The highest BCUT2D eigenvalue weighted by Crippen LogP contribution is 2.33. The van der Waals surface area contributed by atoms with Crippen molar-refractivity contribution in [2.24, 2.45) is 0 Å². The smallest absolute Gasteiger partial charge is 0.143 e. The number of hydrogen-bond donors (Lipinski definition) is 1. The van der Waals surface area contributed by atoms with Crippen LogP contribution < -0.4 is 5.32 Å². The second-order valence-corrected chi connectivity index (χ2v) is 5.42. The Bertz CT molecular complexity index is 578. The zero-order valence-corrected chi connectivity index (χ0v) is 10.4. The van der Waals surface area contributed by atoms with Gasteiger partial charge in [-0.15, -0.1) is 11.3 Å². The molecule has 0 amide bonds. The van der Waals surface area contributed by atoms with Gasteiger partial charge in [0, 0.05) is 29.8 Å². The molecular weight excluding hydrogens is 234 g/mol. The number of aromatic nitrogens is 2. The monoisotopic (exact) mass is 247 g/mol. The fourth-order valence-corrected chi connectivity index (χ4v) is 3.40. The van der Waals surface area contributed by atoms with Crippen molar-refractivity contribution >= 4 is 27.2 Å². The van der Waals surface area contributed by atoms with Crippen molar-refractivity contribution in [3.05, 3.63) is 22.8 Å². The molecule has 88 valence electrons. The predicted molar refractivity (Wildman–Crippen MR) is 67.4 cm³/mol. The van der Waals surface area contributed by atoms with E-state index in [0.29, 0.717) is 12.2 Å². The summed E-state index contributed by atoms with van der Waals surface area (Å²) >= 11 is 1.67. The molecule has 1 atom stereocenters. The molecule has 1 aliphatic rings. The number of Topliss-reactive ketones (excluding diaryl/α,β-unsaturated/α-hetero) is 1. The fraction of sp³-hybridized carbons (Fsp3) is 0.417. The molecule has 0 spiro atoms. The molecule has 3 heterocycles. The molecule has 0 radical (unpaired) electrons. The molecule has 2 aromatic heterocycles. The summed E-state index contributed by atoms with van der Waals surface area (Å²) in [5.41, 5.74) is 0.940. The molecule has 0 aromatic carbocycles. The number of rotatable bonds is 1. The van der Waals surface area contributed by atoms with Crippen molar-refractivity contribution in [2.75, 3.05) is 13.1 Å². The summed E-state index contributed by atoms with van der Waals surface area (Å²) in [5.74, 6) is 0.356. The Morgan fingerprint density at radius 3 is 3.18 bits per heavy atom. The Balaban J connectivity index is 2.05. The Kier molecular flexibility index (Phi) is 2.64. The lowest BCUT2D eigenvalue weighted by Crippen LogP contribution is -2.34.